The van der Waals surface area contributed by atoms with Gasteiger partial charge in [0.25, 0.3) is 0 Å². The summed E-state index contributed by atoms with van der Waals surface area (Å²) in [5, 5.41) is 20.7. The molecular formula is C7H10ClN3O2. The molecule has 0 aliphatic carbocycles. The number of nitrogens with one attached hydrogen (secondary N) is 1. The van der Waals surface area contributed by atoms with E-state index in [1.165, 1.54) is 12.5 Å². The van der Waals surface area contributed by atoms with Crippen LogP contribution in [0.15, 0.2) is 12.5 Å². The number of hydrogen-bond donors (Lipinski definition) is 3. The lowest BCUT2D eigenvalue weighted by Crippen LogP contribution is -2.23. The highest BCUT2D eigenvalue weighted by Crippen LogP contribution is 2.15. The number of aromatic nitrogens is 2. The maximum atomic E-state index is 9.01. The van der Waals surface area contributed by atoms with E-state index in [9.17, 15) is 0 Å². The molecule has 13 heavy (non-hydrogen) atoms. The lowest BCUT2D eigenvalue weighted by molar-refractivity contribution is 0.105. The summed E-state index contributed by atoms with van der Waals surface area (Å²) < 4.78 is 0. The molecule has 5 nitrogen and oxygen atoms in total. The fraction of sp³-hybridized carbons (Fsp3) is 0.429. The second-order valence-corrected chi connectivity index (χ2v) is 2.84. The minimum absolute atomic E-state index is 0.202. The van der Waals surface area contributed by atoms with Crippen LogP contribution >= 0.6 is 11.6 Å². The standard InChI is InChI=1S/C7H10ClN3O2/c8-6-2-9-4-11-7(6)10-1-5(13)3-12/h2,4-5,12-13H,1,3H2,(H,9,10,11)/t5-/m1/s1. The van der Waals surface area contributed by atoms with Crippen molar-refractivity contribution in [1.29, 1.82) is 0 Å². The molecule has 6 heteroatoms. The van der Waals surface area contributed by atoms with Crippen molar-refractivity contribution >= 4 is 17.4 Å². The summed E-state index contributed by atoms with van der Waals surface area (Å²) in [5.41, 5.74) is 0. The third kappa shape index (κ3) is 3.14. The first-order valence-electron chi connectivity index (χ1n) is 3.72. The normalized spacial score (nSPS) is 12.5. The summed E-state index contributed by atoms with van der Waals surface area (Å²) in [6.45, 7) is -0.0943. The Kier molecular flexibility index (Phi) is 3.88. The van der Waals surface area contributed by atoms with Gasteiger partial charge in [0, 0.05) is 6.54 Å². The average Bonchev–Trinajstić information content (AvgIpc) is 2.16. The summed E-state index contributed by atoms with van der Waals surface area (Å²) in [6.07, 6.45) is 1.98. The second-order valence-electron chi connectivity index (χ2n) is 2.44. The number of aliphatic hydroxyl groups is 2. The summed E-state index contributed by atoms with van der Waals surface area (Å²) >= 11 is 5.72. The van der Waals surface area contributed by atoms with Gasteiger partial charge in [-0.1, -0.05) is 11.6 Å². The quantitative estimate of drug-likeness (QED) is 0.637. The van der Waals surface area contributed by atoms with Crippen molar-refractivity contribution in [3.8, 4) is 0 Å². The Morgan fingerprint density at radius 3 is 3.00 bits per heavy atom. The van der Waals surface area contributed by atoms with Crippen molar-refractivity contribution in [3.63, 3.8) is 0 Å². The van der Waals surface area contributed by atoms with Crippen LogP contribution in [0.4, 0.5) is 5.82 Å². The van der Waals surface area contributed by atoms with Crippen molar-refractivity contribution in [2.45, 2.75) is 6.10 Å². The molecule has 1 aromatic heterocycles. The predicted octanol–water partition coefficient (Wildman–Crippen LogP) is -0.105. The Morgan fingerprint density at radius 2 is 2.38 bits per heavy atom. The van der Waals surface area contributed by atoms with Gasteiger partial charge in [-0.15, -0.1) is 0 Å². The molecular weight excluding hydrogens is 194 g/mol. The maximum absolute atomic E-state index is 9.01. The van der Waals surface area contributed by atoms with Gasteiger partial charge in [-0.2, -0.15) is 0 Å². The number of hydrogen-bond acceptors (Lipinski definition) is 5. The van der Waals surface area contributed by atoms with Gasteiger partial charge in [0.15, 0.2) is 0 Å². The minimum Gasteiger partial charge on any atom is -0.394 e. The lowest BCUT2D eigenvalue weighted by Gasteiger charge is -2.09. The topological polar surface area (TPSA) is 78.3 Å². The van der Waals surface area contributed by atoms with Crippen molar-refractivity contribution < 1.29 is 10.2 Å². The zero-order valence-corrected chi connectivity index (χ0v) is 7.57. The van der Waals surface area contributed by atoms with E-state index in [1.807, 2.05) is 0 Å². The Labute approximate surface area is 80.4 Å². The number of nitrogens with zero attached hydrogens (tertiary/aromatic N) is 2. The molecule has 0 saturated heterocycles. The van der Waals surface area contributed by atoms with Gasteiger partial charge in [-0.3, -0.25) is 0 Å². The highest BCUT2D eigenvalue weighted by molar-refractivity contribution is 6.32. The number of anilines is 1. The molecule has 0 radical (unpaired) electrons. The van der Waals surface area contributed by atoms with Crippen LogP contribution < -0.4 is 5.32 Å². The molecule has 0 spiro atoms. The molecule has 1 heterocycles. The van der Waals surface area contributed by atoms with Crippen molar-refractivity contribution in [1.82, 2.24) is 9.97 Å². The fourth-order valence-corrected chi connectivity index (χ4v) is 0.894. The highest BCUT2D eigenvalue weighted by atomic mass is 35.5. The van der Waals surface area contributed by atoms with Gasteiger partial charge in [0.05, 0.1) is 18.9 Å². The van der Waals surface area contributed by atoms with Crippen LogP contribution in [0.3, 0.4) is 0 Å². The van der Waals surface area contributed by atoms with E-state index in [0.29, 0.717) is 10.8 Å². The van der Waals surface area contributed by atoms with Crippen LogP contribution in [0, 0.1) is 0 Å². The molecule has 1 atom stereocenters. The molecule has 0 saturated carbocycles. The molecule has 72 valence electrons. The summed E-state index contributed by atoms with van der Waals surface area (Å²) in [4.78, 5) is 7.53. The van der Waals surface area contributed by atoms with Crippen LogP contribution in [0.1, 0.15) is 0 Å². The molecule has 3 N–H and O–H groups in total. The number of aliphatic hydroxyl groups excluding tert-OH is 2. The van der Waals surface area contributed by atoms with E-state index in [2.05, 4.69) is 15.3 Å². The molecule has 0 aromatic carbocycles. The zero-order chi connectivity index (χ0) is 9.68. The van der Waals surface area contributed by atoms with Gasteiger partial charge in [-0.25, -0.2) is 9.97 Å². The number of halogens is 1. The van der Waals surface area contributed by atoms with Crippen LogP contribution in [-0.4, -0.2) is 39.4 Å². The molecule has 0 bridgehead atoms. The summed E-state index contributed by atoms with van der Waals surface area (Å²) in [7, 11) is 0. The SMILES string of the molecule is OC[C@H](O)CNc1ncncc1Cl. The summed E-state index contributed by atoms with van der Waals surface area (Å²) in [5.74, 6) is 0.448. The minimum atomic E-state index is -0.814. The Balaban J connectivity index is 2.50. The zero-order valence-electron chi connectivity index (χ0n) is 6.81. The van der Waals surface area contributed by atoms with Crippen molar-refractivity contribution in [3.05, 3.63) is 17.5 Å². The molecule has 0 unspecified atom stereocenters. The van der Waals surface area contributed by atoms with E-state index in [-0.39, 0.29) is 13.2 Å². The maximum Gasteiger partial charge on any atom is 0.148 e. The second kappa shape index (κ2) is 4.96. The Morgan fingerprint density at radius 1 is 1.62 bits per heavy atom. The van der Waals surface area contributed by atoms with E-state index in [0.717, 1.165) is 0 Å². The van der Waals surface area contributed by atoms with Crippen LogP contribution in [-0.2, 0) is 0 Å². The molecule has 1 rings (SSSR count). The largest absolute Gasteiger partial charge is 0.394 e. The highest BCUT2D eigenvalue weighted by Gasteiger charge is 2.04. The summed E-state index contributed by atoms with van der Waals surface area (Å²) in [6, 6.07) is 0. The number of rotatable bonds is 4. The molecule has 0 amide bonds. The van der Waals surface area contributed by atoms with Crippen molar-refractivity contribution in [2.75, 3.05) is 18.5 Å². The van der Waals surface area contributed by atoms with Gasteiger partial charge in [-0.05, 0) is 0 Å². The molecule has 0 aliphatic rings. The van der Waals surface area contributed by atoms with Gasteiger partial charge in [0.2, 0.25) is 0 Å². The van der Waals surface area contributed by atoms with Crippen LogP contribution in [0.5, 0.6) is 0 Å². The molecule has 0 fully saturated rings. The first kappa shape index (κ1) is 10.2. The van der Waals surface area contributed by atoms with Gasteiger partial charge >= 0.3 is 0 Å². The monoisotopic (exact) mass is 203 g/mol. The lowest BCUT2D eigenvalue weighted by atomic mass is 10.4. The first-order valence-corrected chi connectivity index (χ1v) is 4.10. The molecule has 0 aliphatic heterocycles. The Hall–Kier alpha value is -0.910. The van der Waals surface area contributed by atoms with E-state index in [1.54, 1.807) is 0 Å². The van der Waals surface area contributed by atoms with Crippen molar-refractivity contribution in [2.24, 2.45) is 0 Å². The fourth-order valence-electron chi connectivity index (χ4n) is 0.722. The van der Waals surface area contributed by atoms with E-state index in [4.69, 9.17) is 21.8 Å². The first-order chi connectivity index (χ1) is 6.24. The van der Waals surface area contributed by atoms with Gasteiger partial charge in [0.1, 0.15) is 17.2 Å². The van der Waals surface area contributed by atoms with Crippen LogP contribution in [0.25, 0.3) is 0 Å². The van der Waals surface area contributed by atoms with Gasteiger partial charge < -0.3 is 15.5 Å². The van der Waals surface area contributed by atoms with E-state index < -0.39 is 6.10 Å². The van der Waals surface area contributed by atoms with Crippen LogP contribution in [0.2, 0.25) is 5.02 Å². The third-order valence-electron chi connectivity index (χ3n) is 1.38. The third-order valence-corrected chi connectivity index (χ3v) is 1.66. The molecule has 1 aromatic rings. The smallest absolute Gasteiger partial charge is 0.148 e. The van der Waals surface area contributed by atoms with E-state index >= 15 is 0 Å². The predicted molar refractivity (Wildman–Crippen MR) is 48.6 cm³/mol. The Bertz CT molecular complexity index is 272. The average molecular weight is 204 g/mol.